The highest BCUT2D eigenvalue weighted by atomic mass is 127. The van der Waals surface area contributed by atoms with Crippen LogP contribution in [0.4, 0.5) is 0 Å². The maximum atomic E-state index is 10.7. The molecule has 0 bridgehead atoms. The highest BCUT2D eigenvalue weighted by Crippen LogP contribution is 2.30. The van der Waals surface area contributed by atoms with Crippen LogP contribution in [0.2, 0.25) is 0 Å². The normalized spacial score (nSPS) is 25.6. The van der Waals surface area contributed by atoms with Crippen molar-refractivity contribution in [3.63, 3.8) is 0 Å². The van der Waals surface area contributed by atoms with E-state index in [2.05, 4.69) is 87.0 Å². The van der Waals surface area contributed by atoms with Crippen molar-refractivity contribution in [1.82, 2.24) is 9.80 Å². The van der Waals surface area contributed by atoms with Crippen molar-refractivity contribution in [2.45, 2.75) is 43.9 Å². The smallest absolute Gasteiger partial charge is 0.0720 e. The van der Waals surface area contributed by atoms with Gasteiger partial charge in [-0.15, -0.1) is 0 Å². The van der Waals surface area contributed by atoms with E-state index < -0.39 is 0 Å². The van der Waals surface area contributed by atoms with Crippen molar-refractivity contribution in [1.29, 1.82) is 0 Å². The van der Waals surface area contributed by atoms with E-state index in [1.54, 1.807) is 0 Å². The minimum Gasteiger partial charge on any atom is -0.391 e. The van der Waals surface area contributed by atoms with Gasteiger partial charge in [0.2, 0.25) is 0 Å². The molecule has 0 aromatic heterocycles. The first-order valence-electron chi connectivity index (χ1n) is 10.1. The maximum Gasteiger partial charge on any atom is 0.0720 e. The molecule has 2 aromatic rings. The minimum absolute atomic E-state index is 0.190. The van der Waals surface area contributed by atoms with E-state index in [4.69, 9.17) is 0 Å². The molecule has 0 amide bonds. The van der Waals surface area contributed by atoms with Gasteiger partial charge in [0.1, 0.15) is 0 Å². The maximum absolute atomic E-state index is 10.7. The molecule has 2 aliphatic rings. The Morgan fingerprint density at radius 2 is 1.59 bits per heavy atom. The van der Waals surface area contributed by atoms with Crippen LogP contribution in [0.5, 0.6) is 0 Å². The van der Waals surface area contributed by atoms with Crippen molar-refractivity contribution >= 4 is 22.6 Å². The first kappa shape index (κ1) is 19.4. The number of likely N-dealkylation sites (tertiary alicyclic amines) is 2. The van der Waals surface area contributed by atoms with Gasteiger partial charge in [-0.1, -0.05) is 48.5 Å². The van der Waals surface area contributed by atoms with Gasteiger partial charge in [-0.25, -0.2) is 0 Å². The Morgan fingerprint density at radius 1 is 0.889 bits per heavy atom. The van der Waals surface area contributed by atoms with Crippen molar-refractivity contribution in [2.24, 2.45) is 0 Å². The van der Waals surface area contributed by atoms with Crippen LogP contribution in [-0.2, 0) is 6.54 Å². The second-order valence-corrected chi connectivity index (χ2v) is 9.13. The molecule has 2 fully saturated rings. The van der Waals surface area contributed by atoms with Crippen molar-refractivity contribution < 1.29 is 5.11 Å². The summed E-state index contributed by atoms with van der Waals surface area (Å²) in [6.45, 7) is 5.14. The van der Waals surface area contributed by atoms with E-state index in [9.17, 15) is 5.11 Å². The summed E-state index contributed by atoms with van der Waals surface area (Å²) >= 11 is 2.43. The van der Waals surface area contributed by atoms with Crippen LogP contribution in [0.3, 0.4) is 0 Å². The molecule has 2 saturated heterocycles. The summed E-state index contributed by atoms with van der Waals surface area (Å²) in [5.74, 6) is 0.671. The van der Waals surface area contributed by atoms with Gasteiger partial charge in [-0.3, -0.25) is 9.80 Å². The van der Waals surface area contributed by atoms with Crippen LogP contribution >= 0.6 is 22.6 Å². The van der Waals surface area contributed by atoms with Gasteiger partial charge in [0.15, 0.2) is 0 Å². The fraction of sp³-hybridized carbons (Fsp3) is 0.478. The molecule has 2 atom stereocenters. The van der Waals surface area contributed by atoms with Gasteiger partial charge < -0.3 is 5.11 Å². The molecule has 2 heterocycles. The zero-order chi connectivity index (χ0) is 18.6. The Balaban J connectivity index is 1.36. The number of nitrogens with zero attached hydrogens (tertiary/aromatic N) is 2. The van der Waals surface area contributed by atoms with Crippen LogP contribution < -0.4 is 0 Å². The zero-order valence-corrected chi connectivity index (χ0v) is 18.0. The number of aliphatic hydroxyl groups excluding tert-OH is 1. The first-order chi connectivity index (χ1) is 13.2. The highest BCUT2D eigenvalue weighted by Gasteiger charge is 2.34. The monoisotopic (exact) mass is 476 g/mol. The van der Waals surface area contributed by atoms with E-state index >= 15 is 0 Å². The molecule has 144 valence electrons. The van der Waals surface area contributed by atoms with E-state index in [1.807, 2.05) is 0 Å². The first-order valence-corrected chi connectivity index (χ1v) is 11.2. The molecule has 2 unspecified atom stereocenters. The van der Waals surface area contributed by atoms with Gasteiger partial charge >= 0.3 is 0 Å². The molecule has 0 aliphatic carbocycles. The third-order valence-electron chi connectivity index (χ3n) is 6.25. The summed E-state index contributed by atoms with van der Waals surface area (Å²) in [5, 5.41) is 10.7. The molecule has 0 saturated carbocycles. The molecule has 27 heavy (non-hydrogen) atoms. The summed E-state index contributed by atoms with van der Waals surface area (Å²) in [6, 6.07) is 19.8. The third-order valence-corrected chi connectivity index (χ3v) is 7.30. The Morgan fingerprint density at radius 3 is 2.33 bits per heavy atom. The average Bonchev–Trinajstić information content (AvgIpc) is 2.72. The second-order valence-electron chi connectivity index (χ2n) is 7.97. The topological polar surface area (TPSA) is 26.7 Å². The van der Waals surface area contributed by atoms with Gasteiger partial charge in [0, 0.05) is 29.2 Å². The number of hydrogen-bond acceptors (Lipinski definition) is 3. The number of aliphatic hydroxyl groups is 1. The number of halogens is 1. The SMILES string of the molecule is OC1CCN(Cc2ccccc2I)CC1N1CCC(c2ccccc2)CC1. The summed E-state index contributed by atoms with van der Waals surface area (Å²) < 4.78 is 1.33. The predicted octanol–water partition coefficient (Wildman–Crippen LogP) is 4.11. The number of benzene rings is 2. The molecule has 4 heteroatoms. The molecule has 0 radical (unpaired) electrons. The van der Waals surface area contributed by atoms with E-state index in [1.165, 1.54) is 27.5 Å². The van der Waals surface area contributed by atoms with Crippen LogP contribution in [-0.4, -0.2) is 53.2 Å². The van der Waals surface area contributed by atoms with Crippen molar-refractivity contribution in [3.8, 4) is 0 Å². The molecular formula is C23H29IN2O. The van der Waals surface area contributed by atoms with Gasteiger partial charge in [-0.2, -0.15) is 0 Å². The number of hydrogen-bond donors (Lipinski definition) is 1. The van der Waals surface area contributed by atoms with Crippen LogP contribution in [0.1, 0.15) is 36.3 Å². The van der Waals surface area contributed by atoms with Gasteiger partial charge in [0.25, 0.3) is 0 Å². The van der Waals surface area contributed by atoms with E-state index in [-0.39, 0.29) is 12.1 Å². The Kier molecular flexibility index (Phi) is 6.48. The van der Waals surface area contributed by atoms with Crippen molar-refractivity contribution in [2.75, 3.05) is 26.2 Å². The predicted molar refractivity (Wildman–Crippen MR) is 119 cm³/mol. The minimum atomic E-state index is -0.190. The standard InChI is InChI=1S/C23H29IN2O/c24-21-9-5-4-8-20(21)16-25-13-12-23(27)22(17-25)26-14-10-19(11-15-26)18-6-2-1-3-7-18/h1-9,19,22-23,27H,10-17H2. The summed E-state index contributed by atoms with van der Waals surface area (Å²) in [6.07, 6.45) is 3.09. The molecular weight excluding hydrogens is 447 g/mol. The average molecular weight is 476 g/mol. The summed E-state index contributed by atoms with van der Waals surface area (Å²) in [7, 11) is 0. The number of rotatable bonds is 4. The largest absolute Gasteiger partial charge is 0.391 e. The highest BCUT2D eigenvalue weighted by molar-refractivity contribution is 14.1. The van der Waals surface area contributed by atoms with E-state index in [0.717, 1.165) is 39.1 Å². The summed E-state index contributed by atoms with van der Waals surface area (Å²) in [4.78, 5) is 5.07. The fourth-order valence-electron chi connectivity index (χ4n) is 4.64. The third kappa shape index (κ3) is 4.73. The second kappa shape index (κ2) is 9.03. The fourth-order valence-corrected chi connectivity index (χ4v) is 5.20. The Hall–Kier alpha value is -0.950. The lowest BCUT2D eigenvalue weighted by Gasteiger charge is -2.45. The quantitative estimate of drug-likeness (QED) is 0.674. The molecule has 4 rings (SSSR count). The van der Waals surface area contributed by atoms with Gasteiger partial charge in [-0.05, 0) is 78.1 Å². The molecule has 3 nitrogen and oxygen atoms in total. The molecule has 2 aromatic carbocycles. The Labute approximate surface area is 176 Å². The molecule has 1 N–H and O–H groups in total. The lowest BCUT2D eigenvalue weighted by molar-refractivity contribution is -0.0222. The lowest BCUT2D eigenvalue weighted by Crippen LogP contribution is -2.56. The van der Waals surface area contributed by atoms with Crippen molar-refractivity contribution in [3.05, 3.63) is 69.3 Å². The van der Waals surface area contributed by atoms with Crippen LogP contribution in [0.15, 0.2) is 54.6 Å². The summed E-state index contributed by atoms with van der Waals surface area (Å²) in [5.41, 5.74) is 2.87. The van der Waals surface area contributed by atoms with E-state index in [0.29, 0.717) is 5.92 Å². The molecule has 2 aliphatic heterocycles. The Bertz CT molecular complexity index is 730. The number of piperidine rings is 2. The zero-order valence-electron chi connectivity index (χ0n) is 15.8. The van der Waals surface area contributed by atoms with Gasteiger partial charge in [0.05, 0.1) is 6.10 Å². The van der Waals surface area contributed by atoms with Crippen LogP contribution in [0, 0.1) is 3.57 Å². The lowest BCUT2D eigenvalue weighted by atomic mass is 9.88. The molecule has 0 spiro atoms. The van der Waals surface area contributed by atoms with Crippen LogP contribution in [0.25, 0.3) is 0 Å².